The molecule has 3 aromatic rings. The highest BCUT2D eigenvalue weighted by atomic mass is 16.5. The molecule has 1 aliphatic rings. The average Bonchev–Trinajstić information content (AvgIpc) is 3.03. The molecular weight excluding hydrogens is 350 g/mol. The Morgan fingerprint density at radius 2 is 1.89 bits per heavy atom. The first-order valence-electron chi connectivity index (χ1n) is 9.64. The lowest BCUT2D eigenvalue weighted by atomic mass is 9.94. The number of ether oxygens (including phenoxy) is 1. The minimum atomic E-state index is 0.0462. The number of carbonyl (C=O) groups is 1. The summed E-state index contributed by atoms with van der Waals surface area (Å²) in [5.41, 5.74) is 4.51. The van der Waals surface area contributed by atoms with Gasteiger partial charge in [-0.2, -0.15) is 0 Å². The summed E-state index contributed by atoms with van der Waals surface area (Å²) in [4.78, 5) is 17.4. The Balaban J connectivity index is 1.54. The van der Waals surface area contributed by atoms with Crippen molar-refractivity contribution in [3.63, 3.8) is 0 Å². The van der Waals surface area contributed by atoms with E-state index in [4.69, 9.17) is 4.74 Å². The molecule has 0 radical (unpaired) electrons. The van der Waals surface area contributed by atoms with Crippen LogP contribution in [0.4, 0.5) is 0 Å². The van der Waals surface area contributed by atoms with E-state index >= 15 is 0 Å². The molecule has 1 aliphatic heterocycles. The van der Waals surface area contributed by atoms with E-state index in [0.717, 1.165) is 29.6 Å². The number of rotatable bonds is 4. The molecule has 5 nitrogen and oxygen atoms in total. The Labute approximate surface area is 166 Å². The first-order valence-corrected chi connectivity index (χ1v) is 9.64. The molecule has 0 unspecified atom stereocenters. The topological polar surface area (TPSA) is 37.7 Å². The van der Waals surface area contributed by atoms with Crippen LogP contribution in [0.3, 0.4) is 0 Å². The number of fused-ring (bicyclic) bond motifs is 2. The van der Waals surface area contributed by atoms with E-state index in [1.807, 2.05) is 47.8 Å². The normalized spacial score (nSPS) is 16.8. The third-order valence-electron chi connectivity index (χ3n) is 5.92. The summed E-state index contributed by atoms with van der Waals surface area (Å²) < 4.78 is 7.28. The molecule has 1 amide bonds. The molecule has 0 spiro atoms. The highest BCUT2D eigenvalue weighted by Gasteiger charge is 2.26. The molecule has 5 heteroatoms. The van der Waals surface area contributed by atoms with Gasteiger partial charge in [0.15, 0.2) is 0 Å². The smallest absolute Gasteiger partial charge is 0.270 e. The van der Waals surface area contributed by atoms with E-state index in [-0.39, 0.29) is 5.91 Å². The summed E-state index contributed by atoms with van der Waals surface area (Å²) in [6.07, 6.45) is 0.969. The maximum atomic E-state index is 13.2. The SMILES string of the molecule is COc1ccc2c(c1)cc(C(=O)N(C)C[C@@H]1Cc3ccccc3CN1C)n2C. The molecule has 0 bridgehead atoms. The molecule has 0 aliphatic carbocycles. The van der Waals surface area contributed by atoms with Crippen molar-refractivity contribution in [1.82, 2.24) is 14.4 Å². The molecule has 2 aromatic carbocycles. The molecular formula is C23H27N3O2. The number of hydrogen-bond acceptors (Lipinski definition) is 3. The number of aryl methyl sites for hydroxylation is 1. The zero-order valence-corrected chi connectivity index (χ0v) is 17.0. The van der Waals surface area contributed by atoms with E-state index in [1.54, 1.807) is 7.11 Å². The maximum absolute atomic E-state index is 13.2. The number of hydrogen-bond donors (Lipinski definition) is 0. The zero-order valence-electron chi connectivity index (χ0n) is 17.0. The van der Waals surface area contributed by atoms with Crippen LogP contribution in [0.1, 0.15) is 21.6 Å². The summed E-state index contributed by atoms with van der Waals surface area (Å²) in [5.74, 6) is 0.845. The monoisotopic (exact) mass is 377 g/mol. The van der Waals surface area contributed by atoms with Crippen LogP contribution < -0.4 is 4.74 Å². The summed E-state index contributed by atoms with van der Waals surface area (Å²) in [6.45, 7) is 1.63. The fraction of sp³-hybridized carbons (Fsp3) is 0.348. The molecule has 1 atom stereocenters. The molecule has 28 heavy (non-hydrogen) atoms. The van der Waals surface area contributed by atoms with Crippen molar-refractivity contribution < 1.29 is 9.53 Å². The quantitative estimate of drug-likeness (QED) is 0.700. The zero-order chi connectivity index (χ0) is 19.8. The second-order valence-electron chi connectivity index (χ2n) is 7.74. The van der Waals surface area contributed by atoms with Gasteiger partial charge in [0.2, 0.25) is 0 Å². The highest BCUT2D eigenvalue weighted by Crippen LogP contribution is 2.26. The third-order valence-corrected chi connectivity index (χ3v) is 5.92. The summed E-state index contributed by atoms with van der Waals surface area (Å²) >= 11 is 0. The van der Waals surface area contributed by atoms with E-state index in [2.05, 4.69) is 36.2 Å². The molecule has 1 aromatic heterocycles. The van der Waals surface area contributed by atoms with E-state index in [9.17, 15) is 4.79 Å². The summed E-state index contributed by atoms with van der Waals surface area (Å²) in [6, 6.07) is 16.8. The number of carbonyl (C=O) groups excluding carboxylic acids is 1. The van der Waals surface area contributed by atoms with Crippen LogP contribution in [-0.4, -0.2) is 54.1 Å². The van der Waals surface area contributed by atoms with Crippen LogP contribution in [-0.2, 0) is 20.0 Å². The van der Waals surface area contributed by atoms with Crippen LogP contribution >= 0.6 is 0 Å². The largest absolute Gasteiger partial charge is 0.497 e. The van der Waals surface area contributed by atoms with Crippen LogP contribution in [0.2, 0.25) is 0 Å². The van der Waals surface area contributed by atoms with Crippen LogP contribution in [0.5, 0.6) is 5.75 Å². The Morgan fingerprint density at radius 3 is 2.64 bits per heavy atom. The van der Waals surface area contributed by atoms with Crippen molar-refractivity contribution >= 4 is 16.8 Å². The van der Waals surface area contributed by atoms with Gasteiger partial charge in [0.05, 0.1) is 7.11 Å². The van der Waals surface area contributed by atoms with Crippen molar-refractivity contribution in [3.8, 4) is 5.75 Å². The van der Waals surface area contributed by atoms with Crippen LogP contribution in [0.25, 0.3) is 10.9 Å². The fourth-order valence-corrected chi connectivity index (χ4v) is 4.18. The Bertz CT molecular complexity index is 1020. The molecule has 0 saturated heterocycles. The lowest BCUT2D eigenvalue weighted by Gasteiger charge is -2.36. The van der Waals surface area contributed by atoms with E-state index in [0.29, 0.717) is 18.3 Å². The number of aromatic nitrogens is 1. The van der Waals surface area contributed by atoms with Gasteiger partial charge in [-0.15, -0.1) is 0 Å². The van der Waals surface area contributed by atoms with Gasteiger partial charge in [-0.25, -0.2) is 0 Å². The van der Waals surface area contributed by atoms with Crippen LogP contribution in [0.15, 0.2) is 48.5 Å². The van der Waals surface area contributed by atoms with Gasteiger partial charge in [0, 0.05) is 44.1 Å². The molecule has 4 rings (SSSR count). The van der Waals surface area contributed by atoms with Gasteiger partial charge in [-0.05, 0) is 48.9 Å². The Morgan fingerprint density at radius 1 is 1.14 bits per heavy atom. The molecule has 0 saturated carbocycles. The van der Waals surface area contributed by atoms with Gasteiger partial charge in [-0.1, -0.05) is 24.3 Å². The molecule has 0 fully saturated rings. The van der Waals surface area contributed by atoms with Crippen molar-refractivity contribution in [2.75, 3.05) is 27.7 Å². The summed E-state index contributed by atoms with van der Waals surface area (Å²) in [5, 5.41) is 1.02. The van der Waals surface area contributed by atoms with Gasteiger partial charge in [0.25, 0.3) is 5.91 Å². The number of nitrogens with zero attached hydrogens (tertiary/aromatic N) is 3. The average molecular weight is 377 g/mol. The first kappa shape index (κ1) is 18.6. The first-order chi connectivity index (χ1) is 13.5. The summed E-state index contributed by atoms with van der Waals surface area (Å²) in [7, 11) is 7.64. The lowest BCUT2D eigenvalue weighted by molar-refractivity contribution is 0.0724. The Kier molecular flexibility index (Phi) is 4.85. The Hall–Kier alpha value is -2.79. The number of likely N-dealkylation sites (N-methyl/N-ethyl adjacent to an activating group) is 2. The van der Waals surface area contributed by atoms with Gasteiger partial charge >= 0.3 is 0 Å². The van der Waals surface area contributed by atoms with Gasteiger partial charge in [-0.3, -0.25) is 9.69 Å². The molecule has 146 valence electrons. The minimum Gasteiger partial charge on any atom is -0.497 e. The molecule has 2 heterocycles. The minimum absolute atomic E-state index is 0.0462. The standard InChI is InChI=1S/C23H27N3O2/c1-24-14-17-8-6-5-7-16(17)11-19(24)15-25(2)23(27)22-13-18-12-20(28-4)9-10-21(18)26(22)3/h5-10,12-13,19H,11,14-15H2,1-4H3/t19-/m0/s1. The molecule has 0 N–H and O–H groups in total. The van der Waals surface area contributed by atoms with Gasteiger partial charge in [0.1, 0.15) is 11.4 Å². The number of amides is 1. The fourth-order valence-electron chi connectivity index (χ4n) is 4.18. The predicted molar refractivity (Wildman–Crippen MR) is 112 cm³/mol. The van der Waals surface area contributed by atoms with Crippen molar-refractivity contribution in [1.29, 1.82) is 0 Å². The number of methoxy groups -OCH3 is 1. The van der Waals surface area contributed by atoms with E-state index in [1.165, 1.54) is 11.1 Å². The van der Waals surface area contributed by atoms with Crippen LogP contribution in [0, 0.1) is 0 Å². The second kappa shape index (κ2) is 7.32. The predicted octanol–water partition coefficient (Wildman–Crippen LogP) is 3.32. The van der Waals surface area contributed by atoms with Gasteiger partial charge < -0.3 is 14.2 Å². The second-order valence-corrected chi connectivity index (χ2v) is 7.74. The highest BCUT2D eigenvalue weighted by molar-refractivity contribution is 5.99. The lowest BCUT2D eigenvalue weighted by Crippen LogP contribution is -2.46. The van der Waals surface area contributed by atoms with Crippen molar-refractivity contribution in [2.24, 2.45) is 7.05 Å². The third kappa shape index (κ3) is 3.27. The number of benzene rings is 2. The maximum Gasteiger partial charge on any atom is 0.270 e. The van der Waals surface area contributed by atoms with Crippen molar-refractivity contribution in [2.45, 2.75) is 19.0 Å². The van der Waals surface area contributed by atoms with E-state index < -0.39 is 0 Å². The van der Waals surface area contributed by atoms with Crippen molar-refractivity contribution in [3.05, 3.63) is 65.4 Å².